The van der Waals surface area contributed by atoms with Gasteiger partial charge in [0.2, 0.25) is 5.91 Å². The summed E-state index contributed by atoms with van der Waals surface area (Å²) in [5.41, 5.74) is 0.767. The summed E-state index contributed by atoms with van der Waals surface area (Å²) < 4.78 is 42.8. The third-order valence-electron chi connectivity index (χ3n) is 3.77. The number of piperazine rings is 1. The molecule has 2 amide bonds. The highest BCUT2D eigenvalue weighted by atomic mass is 19.4. The van der Waals surface area contributed by atoms with Gasteiger partial charge in [0.1, 0.15) is 12.3 Å². The number of rotatable bonds is 6. The van der Waals surface area contributed by atoms with Crippen molar-refractivity contribution in [3.63, 3.8) is 0 Å². The highest BCUT2D eigenvalue weighted by Crippen LogP contribution is 2.22. The van der Waals surface area contributed by atoms with E-state index in [4.69, 9.17) is 4.74 Å². The second-order valence-corrected chi connectivity index (χ2v) is 5.71. The number of ether oxygens (including phenoxy) is 1. The van der Waals surface area contributed by atoms with Crippen molar-refractivity contribution in [2.45, 2.75) is 12.7 Å². The van der Waals surface area contributed by atoms with E-state index in [1.54, 1.807) is 29.2 Å². The predicted molar refractivity (Wildman–Crippen MR) is 83.9 cm³/mol. The molecule has 1 fully saturated rings. The number of carbonyl (C=O) groups is 2. The zero-order chi connectivity index (χ0) is 18.4. The number of likely N-dealkylation sites (N-methyl/N-ethyl adjacent to an activating group) is 1. The summed E-state index contributed by atoms with van der Waals surface area (Å²) in [5, 5.41) is 2.45. The largest absolute Gasteiger partial charge is 0.483 e. The van der Waals surface area contributed by atoms with E-state index in [0.29, 0.717) is 18.8 Å². The van der Waals surface area contributed by atoms with Gasteiger partial charge in [-0.1, -0.05) is 18.2 Å². The van der Waals surface area contributed by atoms with Crippen LogP contribution in [0.15, 0.2) is 24.3 Å². The van der Waals surface area contributed by atoms with Gasteiger partial charge in [0.05, 0.1) is 6.54 Å². The first-order valence-electron chi connectivity index (χ1n) is 7.76. The quantitative estimate of drug-likeness (QED) is 0.824. The maximum Gasteiger partial charge on any atom is 0.406 e. The first kappa shape index (κ1) is 19.0. The molecule has 0 aliphatic carbocycles. The zero-order valence-electron chi connectivity index (χ0n) is 13.8. The van der Waals surface area contributed by atoms with Crippen LogP contribution in [-0.2, 0) is 16.1 Å². The summed E-state index contributed by atoms with van der Waals surface area (Å²) >= 11 is 0. The van der Waals surface area contributed by atoms with Crippen molar-refractivity contribution in [2.75, 3.05) is 39.8 Å². The van der Waals surface area contributed by atoms with Gasteiger partial charge in [0.15, 0.2) is 6.61 Å². The molecule has 0 spiro atoms. The monoisotopic (exact) mass is 359 g/mol. The van der Waals surface area contributed by atoms with Crippen LogP contribution in [-0.4, -0.2) is 67.6 Å². The first-order valence-corrected chi connectivity index (χ1v) is 7.76. The van der Waals surface area contributed by atoms with E-state index >= 15 is 0 Å². The van der Waals surface area contributed by atoms with Crippen molar-refractivity contribution in [1.29, 1.82) is 0 Å². The van der Waals surface area contributed by atoms with E-state index in [9.17, 15) is 22.8 Å². The van der Waals surface area contributed by atoms with Gasteiger partial charge in [-0.05, 0) is 6.07 Å². The van der Waals surface area contributed by atoms with E-state index in [1.807, 2.05) is 0 Å². The number of para-hydroxylation sites is 1. The Hall–Kier alpha value is -2.29. The van der Waals surface area contributed by atoms with Crippen LogP contribution < -0.4 is 10.1 Å². The lowest BCUT2D eigenvalue weighted by molar-refractivity contribution is -0.165. The van der Waals surface area contributed by atoms with Crippen LogP contribution in [0.2, 0.25) is 0 Å². The Labute approximate surface area is 143 Å². The lowest BCUT2D eigenvalue weighted by Gasteiger charge is -2.34. The zero-order valence-corrected chi connectivity index (χ0v) is 13.8. The van der Waals surface area contributed by atoms with Crippen LogP contribution in [0.5, 0.6) is 5.75 Å². The molecule has 1 aromatic carbocycles. The number of hydrogen-bond donors (Lipinski definition) is 1. The SMILES string of the molecule is CNC(=O)COc1ccccc1CN1CCN(CC(F)(F)F)C(=O)C1. The maximum atomic E-state index is 12.4. The standard InChI is InChI=1S/C16H20F3N3O3/c1-20-14(23)10-25-13-5-3-2-4-12(13)8-21-6-7-22(15(24)9-21)11-16(17,18)19/h2-5H,6-11H2,1H3,(H,20,23). The molecule has 0 radical (unpaired) electrons. The molecule has 1 aliphatic heterocycles. The molecule has 9 heteroatoms. The Bertz CT molecular complexity index is 622. The van der Waals surface area contributed by atoms with E-state index in [-0.39, 0.29) is 25.6 Å². The lowest BCUT2D eigenvalue weighted by Crippen LogP contribution is -2.52. The molecule has 0 atom stereocenters. The molecule has 0 saturated carbocycles. The second kappa shape index (κ2) is 8.19. The van der Waals surface area contributed by atoms with Crippen LogP contribution in [0.25, 0.3) is 0 Å². The summed E-state index contributed by atoms with van der Waals surface area (Å²) in [6.45, 7) is -0.710. The van der Waals surface area contributed by atoms with Crippen LogP contribution in [0, 0.1) is 0 Å². The number of alkyl halides is 3. The highest BCUT2D eigenvalue weighted by molar-refractivity contribution is 5.79. The van der Waals surface area contributed by atoms with E-state index in [0.717, 1.165) is 10.5 Å². The number of nitrogens with one attached hydrogen (secondary N) is 1. The molecule has 1 saturated heterocycles. The smallest absolute Gasteiger partial charge is 0.406 e. The fourth-order valence-electron chi connectivity index (χ4n) is 2.51. The Morgan fingerprint density at radius 3 is 2.64 bits per heavy atom. The topological polar surface area (TPSA) is 61.9 Å². The number of halogens is 3. The minimum atomic E-state index is -4.39. The third-order valence-corrected chi connectivity index (χ3v) is 3.77. The van der Waals surface area contributed by atoms with Crippen molar-refractivity contribution in [1.82, 2.24) is 15.1 Å². The molecule has 0 unspecified atom stereocenters. The number of amides is 2. The number of hydrogen-bond acceptors (Lipinski definition) is 4. The van der Waals surface area contributed by atoms with Gasteiger partial charge >= 0.3 is 6.18 Å². The molecular formula is C16H20F3N3O3. The van der Waals surface area contributed by atoms with E-state index in [1.165, 1.54) is 7.05 Å². The maximum absolute atomic E-state index is 12.4. The van der Waals surface area contributed by atoms with Gasteiger partial charge in [-0.25, -0.2) is 0 Å². The molecule has 2 rings (SSSR count). The Balaban J connectivity index is 1.95. The lowest BCUT2D eigenvalue weighted by atomic mass is 10.1. The van der Waals surface area contributed by atoms with Gasteiger partial charge in [-0.2, -0.15) is 13.2 Å². The number of carbonyl (C=O) groups excluding carboxylic acids is 2. The van der Waals surface area contributed by atoms with Crippen molar-refractivity contribution >= 4 is 11.8 Å². The van der Waals surface area contributed by atoms with Crippen LogP contribution in [0.1, 0.15) is 5.56 Å². The summed E-state index contributed by atoms with van der Waals surface area (Å²) in [7, 11) is 1.50. The number of benzene rings is 1. The molecule has 1 N–H and O–H groups in total. The van der Waals surface area contributed by atoms with Crippen LogP contribution >= 0.6 is 0 Å². The van der Waals surface area contributed by atoms with Crippen molar-refractivity contribution in [3.05, 3.63) is 29.8 Å². The summed E-state index contributed by atoms with van der Waals surface area (Å²) in [5.74, 6) is -0.311. The molecule has 1 aromatic rings. The summed E-state index contributed by atoms with van der Waals surface area (Å²) in [6, 6.07) is 7.06. The van der Waals surface area contributed by atoms with Gasteiger partial charge < -0.3 is 15.0 Å². The fourth-order valence-corrected chi connectivity index (χ4v) is 2.51. The van der Waals surface area contributed by atoms with Crippen LogP contribution in [0.4, 0.5) is 13.2 Å². The molecule has 25 heavy (non-hydrogen) atoms. The van der Waals surface area contributed by atoms with E-state index in [2.05, 4.69) is 5.32 Å². The normalized spacial score (nSPS) is 16.0. The average Bonchev–Trinajstić information content (AvgIpc) is 2.55. The van der Waals surface area contributed by atoms with Crippen molar-refractivity contribution in [2.24, 2.45) is 0 Å². The van der Waals surface area contributed by atoms with Crippen molar-refractivity contribution in [3.8, 4) is 5.75 Å². The molecule has 1 heterocycles. The molecule has 0 aromatic heterocycles. The molecule has 1 aliphatic rings. The molecule has 0 bridgehead atoms. The Morgan fingerprint density at radius 1 is 1.28 bits per heavy atom. The second-order valence-electron chi connectivity index (χ2n) is 5.71. The molecule has 6 nitrogen and oxygen atoms in total. The minimum absolute atomic E-state index is 0.0274. The van der Waals surface area contributed by atoms with E-state index < -0.39 is 18.6 Å². The Kier molecular flexibility index (Phi) is 6.24. The van der Waals surface area contributed by atoms with Gasteiger partial charge in [-0.15, -0.1) is 0 Å². The highest BCUT2D eigenvalue weighted by Gasteiger charge is 2.35. The summed E-state index contributed by atoms with van der Waals surface area (Å²) in [4.78, 5) is 25.8. The van der Waals surface area contributed by atoms with Crippen molar-refractivity contribution < 1.29 is 27.5 Å². The third kappa shape index (κ3) is 5.93. The van der Waals surface area contributed by atoms with Gasteiger partial charge in [-0.3, -0.25) is 14.5 Å². The van der Waals surface area contributed by atoms with Crippen LogP contribution in [0.3, 0.4) is 0 Å². The summed E-state index contributed by atoms with van der Waals surface area (Å²) in [6.07, 6.45) is -4.39. The molecular weight excluding hydrogens is 339 g/mol. The molecule has 138 valence electrons. The van der Waals surface area contributed by atoms with Gasteiger partial charge in [0, 0.05) is 32.2 Å². The Morgan fingerprint density at radius 2 is 2.00 bits per heavy atom. The minimum Gasteiger partial charge on any atom is -0.483 e. The fraction of sp³-hybridized carbons (Fsp3) is 0.500. The predicted octanol–water partition coefficient (Wildman–Crippen LogP) is 1.02. The number of nitrogens with zero attached hydrogens (tertiary/aromatic N) is 2. The first-order chi connectivity index (χ1) is 11.8. The average molecular weight is 359 g/mol. The van der Waals surface area contributed by atoms with Gasteiger partial charge in [0.25, 0.3) is 5.91 Å².